The van der Waals surface area contributed by atoms with Crippen LogP contribution in [0, 0.1) is 0 Å². The smallest absolute Gasteiger partial charge is 0.246 e. The summed E-state index contributed by atoms with van der Waals surface area (Å²) in [6.07, 6.45) is 6.24. The second-order valence-electron chi connectivity index (χ2n) is 5.74. The van der Waals surface area contributed by atoms with Crippen LogP contribution in [0.15, 0.2) is 31.1 Å². The molecule has 1 aromatic heterocycles. The van der Waals surface area contributed by atoms with Crippen molar-refractivity contribution in [3.05, 3.63) is 36.1 Å². The molecule has 5 nitrogen and oxygen atoms in total. The molecule has 0 bridgehead atoms. The third-order valence-corrected chi connectivity index (χ3v) is 4.75. The Kier molecular flexibility index (Phi) is 4.57. The quantitative estimate of drug-likeness (QED) is 0.808. The largest absolute Gasteiger partial charge is 0.495 e. The second-order valence-corrected chi connectivity index (χ2v) is 6.12. The number of methoxy groups -OCH3 is 1. The number of fused-ring (bicyclic) bond motifs is 1. The van der Waals surface area contributed by atoms with Crippen molar-refractivity contribution in [2.75, 3.05) is 20.2 Å². The molecule has 122 valence electrons. The number of imidazole rings is 1. The Morgan fingerprint density at radius 3 is 3.04 bits per heavy atom. The highest BCUT2D eigenvalue weighted by atomic mass is 35.5. The van der Waals surface area contributed by atoms with Gasteiger partial charge in [-0.25, -0.2) is 4.98 Å². The van der Waals surface area contributed by atoms with Gasteiger partial charge in [-0.1, -0.05) is 18.2 Å². The average molecular weight is 334 g/mol. The topological polar surface area (TPSA) is 47.4 Å². The number of nitrogens with zero attached hydrogens (tertiary/aromatic N) is 3. The summed E-state index contributed by atoms with van der Waals surface area (Å²) in [6, 6.07) is 3.87. The number of hydrogen-bond donors (Lipinski definition) is 0. The number of amides is 1. The number of aromatic nitrogens is 2. The van der Waals surface area contributed by atoms with Gasteiger partial charge in [-0.2, -0.15) is 0 Å². The monoisotopic (exact) mass is 333 g/mol. The predicted octanol–water partition coefficient (Wildman–Crippen LogP) is 3.44. The van der Waals surface area contributed by atoms with Crippen LogP contribution in [0.3, 0.4) is 0 Å². The lowest BCUT2D eigenvalue weighted by Gasteiger charge is -2.25. The van der Waals surface area contributed by atoms with Crippen LogP contribution < -0.4 is 4.74 Å². The summed E-state index contributed by atoms with van der Waals surface area (Å²) in [6.45, 7) is 5.00. The fourth-order valence-electron chi connectivity index (χ4n) is 3.18. The van der Waals surface area contributed by atoms with E-state index in [-0.39, 0.29) is 11.9 Å². The van der Waals surface area contributed by atoms with Gasteiger partial charge in [0.1, 0.15) is 10.8 Å². The number of hydrogen-bond acceptors (Lipinski definition) is 3. The molecular weight excluding hydrogens is 314 g/mol. The zero-order valence-electron chi connectivity index (χ0n) is 13.2. The lowest BCUT2D eigenvalue weighted by atomic mass is 10.1. The first-order chi connectivity index (χ1) is 11.2. The van der Waals surface area contributed by atoms with Gasteiger partial charge in [0.2, 0.25) is 5.91 Å². The number of ether oxygens (including phenoxy) is 1. The van der Waals surface area contributed by atoms with E-state index in [1.54, 1.807) is 7.11 Å². The Labute approximate surface area is 140 Å². The molecule has 0 saturated carbocycles. The molecule has 3 rings (SSSR count). The molecule has 1 fully saturated rings. The minimum absolute atomic E-state index is 0.0231. The molecule has 0 N–H and O–H groups in total. The summed E-state index contributed by atoms with van der Waals surface area (Å²) < 4.78 is 7.39. The van der Waals surface area contributed by atoms with E-state index < -0.39 is 0 Å². The van der Waals surface area contributed by atoms with Crippen molar-refractivity contribution in [3.8, 4) is 5.75 Å². The predicted molar refractivity (Wildman–Crippen MR) is 91.0 cm³/mol. The van der Waals surface area contributed by atoms with E-state index in [4.69, 9.17) is 16.3 Å². The van der Waals surface area contributed by atoms with Crippen molar-refractivity contribution in [1.29, 1.82) is 0 Å². The zero-order valence-corrected chi connectivity index (χ0v) is 13.9. The molecule has 1 aliphatic rings. The van der Waals surface area contributed by atoms with E-state index in [9.17, 15) is 4.79 Å². The van der Waals surface area contributed by atoms with Crippen LogP contribution in [0.2, 0.25) is 5.02 Å². The number of carbonyl (C=O) groups excluding carboxylic acids is 1. The van der Waals surface area contributed by atoms with E-state index >= 15 is 0 Å². The van der Waals surface area contributed by atoms with E-state index in [0.717, 1.165) is 36.8 Å². The van der Waals surface area contributed by atoms with Crippen molar-refractivity contribution in [3.63, 3.8) is 0 Å². The van der Waals surface area contributed by atoms with Crippen molar-refractivity contribution in [2.45, 2.75) is 25.3 Å². The summed E-state index contributed by atoms with van der Waals surface area (Å²) in [4.78, 5) is 18.3. The molecule has 1 unspecified atom stereocenters. The maximum absolute atomic E-state index is 12.0. The zero-order chi connectivity index (χ0) is 16.4. The molecule has 0 spiro atoms. The number of halogens is 1. The van der Waals surface area contributed by atoms with Crippen LogP contribution >= 0.6 is 11.6 Å². The van der Waals surface area contributed by atoms with Crippen LogP contribution in [0.4, 0.5) is 0 Å². The molecule has 23 heavy (non-hydrogen) atoms. The maximum atomic E-state index is 12.0. The van der Waals surface area contributed by atoms with Gasteiger partial charge in [0.25, 0.3) is 0 Å². The van der Waals surface area contributed by atoms with Crippen LogP contribution in [0.1, 0.15) is 25.3 Å². The minimum atomic E-state index is -0.0231. The first-order valence-corrected chi connectivity index (χ1v) is 8.14. The molecule has 1 saturated heterocycles. The molecule has 1 aromatic carbocycles. The molecule has 1 aliphatic heterocycles. The molecule has 6 heteroatoms. The van der Waals surface area contributed by atoms with Crippen LogP contribution in [-0.2, 0) is 4.79 Å². The van der Waals surface area contributed by atoms with Gasteiger partial charge in [0.15, 0.2) is 0 Å². The van der Waals surface area contributed by atoms with Crippen molar-refractivity contribution < 1.29 is 9.53 Å². The molecule has 2 aromatic rings. The standard InChI is InChI=1S/C17H20ClN3O2/c1-3-15(22)20-9-5-4-6-12(10-20)21-11-19-13-7-8-14(23-2)16(18)17(13)21/h3,7-8,11-12H,1,4-6,9-10H2,2H3. The van der Waals surface area contributed by atoms with Crippen LogP contribution in [-0.4, -0.2) is 40.6 Å². The maximum Gasteiger partial charge on any atom is 0.246 e. The highest BCUT2D eigenvalue weighted by Gasteiger charge is 2.24. The van der Waals surface area contributed by atoms with Crippen molar-refractivity contribution in [2.24, 2.45) is 0 Å². The Hall–Kier alpha value is -2.01. The normalized spacial score (nSPS) is 18.7. The molecule has 1 atom stereocenters. The molecule has 0 aliphatic carbocycles. The van der Waals surface area contributed by atoms with Gasteiger partial charge in [0, 0.05) is 13.1 Å². The van der Waals surface area contributed by atoms with E-state index in [2.05, 4.69) is 16.1 Å². The van der Waals surface area contributed by atoms with Gasteiger partial charge < -0.3 is 14.2 Å². The van der Waals surface area contributed by atoms with Gasteiger partial charge in [0.05, 0.1) is 30.5 Å². The summed E-state index contributed by atoms with van der Waals surface area (Å²) >= 11 is 6.49. The third kappa shape index (κ3) is 2.93. The van der Waals surface area contributed by atoms with E-state index in [1.807, 2.05) is 23.4 Å². The highest BCUT2D eigenvalue weighted by Crippen LogP contribution is 2.35. The summed E-state index contributed by atoms with van der Waals surface area (Å²) in [5.74, 6) is 0.610. The van der Waals surface area contributed by atoms with Gasteiger partial charge >= 0.3 is 0 Å². The SMILES string of the molecule is C=CC(=O)N1CCCCC(n2cnc3ccc(OC)c(Cl)c32)C1. The molecule has 1 amide bonds. The summed E-state index contributed by atoms with van der Waals surface area (Å²) in [5.41, 5.74) is 1.70. The Morgan fingerprint density at radius 1 is 1.48 bits per heavy atom. The van der Waals surface area contributed by atoms with Crippen LogP contribution in [0.25, 0.3) is 11.0 Å². The summed E-state index contributed by atoms with van der Waals surface area (Å²) in [7, 11) is 1.60. The molecule has 0 radical (unpaired) electrons. The lowest BCUT2D eigenvalue weighted by Crippen LogP contribution is -2.34. The van der Waals surface area contributed by atoms with Crippen LogP contribution in [0.5, 0.6) is 5.75 Å². The summed E-state index contributed by atoms with van der Waals surface area (Å²) in [5, 5.41) is 0.563. The number of rotatable bonds is 3. The number of benzene rings is 1. The Morgan fingerprint density at radius 2 is 2.30 bits per heavy atom. The van der Waals surface area contributed by atoms with E-state index in [1.165, 1.54) is 6.08 Å². The Balaban J connectivity index is 2.01. The number of likely N-dealkylation sites (tertiary alicyclic amines) is 1. The third-order valence-electron chi connectivity index (χ3n) is 4.38. The van der Waals surface area contributed by atoms with Gasteiger partial charge in [-0.3, -0.25) is 4.79 Å². The Bertz CT molecular complexity index is 741. The van der Waals surface area contributed by atoms with Crippen molar-refractivity contribution in [1.82, 2.24) is 14.5 Å². The number of carbonyl (C=O) groups is 1. The molecule has 2 heterocycles. The fourth-order valence-corrected chi connectivity index (χ4v) is 3.51. The minimum Gasteiger partial charge on any atom is -0.495 e. The first kappa shape index (κ1) is 15.9. The fraction of sp³-hybridized carbons (Fsp3) is 0.412. The van der Waals surface area contributed by atoms with Gasteiger partial charge in [-0.15, -0.1) is 0 Å². The molecular formula is C17H20ClN3O2. The lowest BCUT2D eigenvalue weighted by molar-refractivity contribution is -0.126. The van der Waals surface area contributed by atoms with E-state index in [0.29, 0.717) is 17.3 Å². The van der Waals surface area contributed by atoms with Crippen molar-refractivity contribution >= 4 is 28.5 Å². The highest BCUT2D eigenvalue weighted by molar-refractivity contribution is 6.36. The first-order valence-electron chi connectivity index (χ1n) is 7.76. The average Bonchev–Trinajstić information content (AvgIpc) is 2.85. The second kappa shape index (κ2) is 6.62. The van der Waals surface area contributed by atoms with Gasteiger partial charge in [-0.05, 0) is 37.5 Å².